The standard InChI is InChI=1S/C17H20FN3O2S/c1-12-8-19-17(21(12)9-13-5-6-13)14-10-20(11-14)24(22,23)16-4-2-3-15(18)7-16/h2-4,7-8,13-14H,5-6,9-11H2,1H3. The molecule has 7 heteroatoms. The van der Waals surface area contributed by atoms with E-state index in [-0.39, 0.29) is 10.8 Å². The number of halogens is 1. The maximum atomic E-state index is 13.3. The van der Waals surface area contributed by atoms with Gasteiger partial charge >= 0.3 is 0 Å². The van der Waals surface area contributed by atoms with Gasteiger partial charge in [-0.3, -0.25) is 0 Å². The summed E-state index contributed by atoms with van der Waals surface area (Å²) in [6, 6.07) is 5.17. The normalized spacial score (nSPS) is 19.4. The Hall–Kier alpha value is -1.73. The van der Waals surface area contributed by atoms with Gasteiger partial charge in [0, 0.05) is 37.4 Å². The number of benzene rings is 1. The van der Waals surface area contributed by atoms with Crippen molar-refractivity contribution in [3.63, 3.8) is 0 Å². The van der Waals surface area contributed by atoms with Crippen molar-refractivity contribution < 1.29 is 12.8 Å². The van der Waals surface area contributed by atoms with Crippen LogP contribution in [0.5, 0.6) is 0 Å². The first-order valence-electron chi connectivity index (χ1n) is 8.23. The molecule has 24 heavy (non-hydrogen) atoms. The molecule has 1 aromatic heterocycles. The average Bonchev–Trinajstić information content (AvgIpc) is 3.24. The zero-order valence-electron chi connectivity index (χ0n) is 13.5. The molecular formula is C17H20FN3O2S. The van der Waals surface area contributed by atoms with E-state index in [0.717, 1.165) is 30.0 Å². The molecule has 1 saturated carbocycles. The highest BCUT2D eigenvalue weighted by molar-refractivity contribution is 7.89. The maximum absolute atomic E-state index is 13.3. The summed E-state index contributed by atoms with van der Waals surface area (Å²) in [6.45, 7) is 3.83. The number of nitrogens with zero attached hydrogens (tertiary/aromatic N) is 3. The van der Waals surface area contributed by atoms with Gasteiger partial charge < -0.3 is 4.57 Å². The van der Waals surface area contributed by atoms with Crippen LogP contribution in [0.2, 0.25) is 0 Å². The Morgan fingerprint density at radius 3 is 2.71 bits per heavy atom. The van der Waals surface area contributed by atoms with Gasteiger partial charge in [0.05, 0.1) is 4.90 Å². The highest BCUT2D eigenvalue weighted by atomic mass is 32.2. The minimum absolute atomic E-state index is 0.0125. The van der Waals surface area contributed by atoms with E-state index >= 15 is 0 Å². The zero-order chi connectivity index (χ0) is 16.9. The topological polar surface area (TPSA) is 55.2 Å². The fourth-order valence-corrected chi connectivity index (χ4v) is 4.74. The molecular weight excluding hydrogens is 329 g/mol. The Morgan fingerprint density at radius 1 is 1.29 bits per heavy atom. The molecule has 2 heterocycles. The number of hydrogen-bond donors (Lipinski definition) is 0. The van der Waals surface area contributed by atoms with Crippen molar-refractivity contribution in [3.8, 4) is 0 Å². The number of hydrogen-bond acceptors (Lipinski definition) is 3. The summed E-state index contributed by atoms with van der Waals surface area (Å²) < 4.78 is 42.0. The first-order valence-corrected chi connectivity index (χ1v) is 9.67. The molecule has 1 aliphatic carbocycles. The van der Waals surface area contributed by atoms with Gasteiger partial charge in [-0.2, -0.15) is 4.31 Å². The van der Waals surface area contributed by atoms with Gasteiger partial charge in [-0.1, -0.05) is 6.07 Å². The van der Waals surface area contributed by atoms with E-state index in [9.17, 15) is 12.8 Å². The van der Waals surface area contributed by atoms with Crippen LogP contribution in [0.15, 0.2) is 35.4 Å². The molecule has 1 aromatic carbocycles. The Labute approximate surface area is 141 Å². The van der Waals surface area contributed by atoms with Crippen LogP contribution in [-0.2, 0) is 16.6 Å². The fourth-order valence-electron chi connectivity index (χ4n) is 3.18. The van der Waals surface area contributed by atoms with Gasteiger partial charge in [0.25, 0.3) is 0 Å². The first kappa shape index (κ1) is 15.8. The second-order valence-electron chi connectivity index (χ2n) is 6.79. The molecule has 5 nitrogen and oxygen atoms in total. The van der Waals surface area contributed by atoms with Crippen molar-refractivity contribution >= 4 is 10.0 Å². The van der Waals surface area contributed by atoms with Gasteiger partial charge in [0.2, 0.25) is 10.0 Å². The van der Waals surface area contributed by atoms with E-state index in [2.05, 4.69) is 9.55 Å². The molecule has 0 radical (unpaired) electrons. The SMILES string of the molecule is Cc1cnc(C2CN(S(=O)(=O)c3cccc(F)c3)C2)n1CC1CC1. The summed E-state index contributed by atoms with van der Waals surface area (Å²) in [7, 11) is -3.63. The van der Waals surface area contributed by atoms with Crippen LogP contribution >= 0.6 is 0 Å². The van der Waals surface area contributed by atoms with Gasteiger partial charge in [-0.25, -0.2) is 17.8 Å². The predicted molar refractivity (Wildman–Crippen MR) is 87.6 cm³/mol. The molecule has 0 unspecified atom stereocenters. The molecule has 0 spiro atoms. The third-order valence-corrected chi connectivity index (χ3v) is 6.70. The smallest absolute Gasteiger partial charge is 0.243 e. The van der Waals surface area contributed by atoms with Crippen LogP contribution in [0.25, 0.3) is 0 Å². The van der Waals surface area contributed by atoms with Crippen molar-refractivity contribution in [1.82, 2.24) is 13.9 Å². The average molecular weight is 349 g/mol. The molecule has 0 amide bonds. The van der Waals surface area contributed by atoms with Gasteiger partial charge in [-0.05, 0) is 43.9 Å². The van der Waals surface area contributed by atoms with Crippen LogP contribution in [-0.4, -0.2) is 35.4 Å². The van der Waals surface area contributed by atoms with Crippen molar-refractivity contribution in [2.45, 2.75) is 37.1 Å². The summed E-state index contributed by atoms with van der Waals surface area (Å²) in [4.78, 5) is 4.52. The van der Waals surface area contributed by atoms with Crippen LogP contribution in [0.1, 0.15) is 30.3 Å². The highest BCUT2D eigenvalue weighted by Crippen LogP contribution is 2.35. The number of sulfonamides is 1. The van der Waals surface area contributed by atoms with Crippen molar-refractivity contribution in [2.75, 3.05) is 13.1 Å². The van der Waals surface area contributed by atoms with Crippen LogP contribution in [0.3, 0.4) is 0 Å². The highest BCUT2D eigenvalue weighted by Gasteiger charge is 2.40. The van der Waals surface area contributed by atoms with Crippen molar-refractivity contribution in [3.05, 3.63) is 47.8 Å². The number of aryl methyl sites for hydroxylation is 1. The minimum atomic E-state index is -3.63. The second-order valence-corrected chi connectivity index (χ2v) is 8.73. The Bertz CT molecular complexity index is 868. The lowest BCUT2D eigenvalue weighted by atomic mass is 10.0. The molecule has 4 rings (SSSR count). The molecule has 0 N–H and O–H groups in total. The third-order valence-electron chi connectivity index (χ3n) is 4.87. The van der Waals surface area contributed by atoms with E-state index in [1.54, 1.807) is 0 Å². The number of imidazole rings is 1. The lowest BCUT2D eigenvalue weighted by molar-refractivity contribution is 0.250. The third kappa shape index (κ3) is 2.75. The summed E-state index contributed by atoms with van der Waals surface area (Å²) in [5.41, 5.74) is 1.13. The summed E-state index contributed by atoms with van der Waals surface area (Å²) in [5, 5.41) is 0. The van der Waals surface area contributed by atoms with E-state index in [0.29, 0.717) is 13.1 Å². The zero-order valence-corrected chi connectivity index (χ0v) is 14.3. The molecule has 1 saturated heterocycles. The van der Waals surface area contributed by atoms with Crippen LogP contribution < -0.4 is 0 Å². The molecule has 0 bridgehead atoms. The van der Waals surface area contributed by atoms with Crippen molar-refractivity contribution in [1.29, 1.82) is 0 Å². The van der Waals surface area contributed by atoms with E-state index in [1.165, 1.54) is 35.3 Å². The molecule has 2 aliphatic rings. The second kappa shape index (κ2) is 5.67. The van der Waals surface area contributed by atoms with Gasteiger partial charge in [-0.15, -0.1) is 0 Å². The fraction of sp³-hybridized carbons (Fsp3) is 0.471. The van der Waals surface area contributed by atoms with E-state index in [1.807, 2.05) is 13.1 Å². The maximum Gasteiger partial charge on any atom is 0.243 e. The molecule has 2 fully saturated rings. The molecule has 1 aliphatic heterocycles. The largest absolute Gasteiger partial charge is 0.332 e. The monoisotopic (exact) mass is 349 g/mol. The Morgan fingerprint density at radius 2 is 2.04 bits per heavy atom. The van der Waals surface area contributed by atoms with Crippen LogP contribution in [0, 0.1) is 18.7 Å². The van der Waals surface area contributed by atoms with Crippen molar-refractivity contribution in [2.24, 2.45) is 5.92 Å². The number of aromatic nitrogens is 2. The quantitative estimate of drug-likeness (QED) is 0.833. The van der Waals surface area contributed by atoms with E-state index < -0.39 is 15.8 Å². The van der Waals surface area contributed by atoms with Crippen LogP contribution in [0.4, 0.5) is 4.39 Å². The molecule has 128 valence electrons. The number of rotatable bonds is 5. The lowest BCUT2D eigenvalue weighted by Crippen LogP contribution is -2.49. The van der Waals surface area contributed by atoms with Gasteiger partial charge in [0.15, 0.2) is 0 Å². The minimum Gasteiger partial charge on any atom is -0.332 e. The molecule has 0 atom stereocenters. The predicted octanol–water partition coefficient (Wildman–Crippen LogP) is 2.53. The summed E-state index contributed by atoms with van der Waals surface area (Å²) in [5.74, 6) is 1.29. The summed E-state index contributed by atoms with van der Waals surface area (Å²) in [6.07, 6.45) is 4.39. The Kier molecular flexibility index (Phi) is 3.73. The van der Waals surface area contributed by atoms with Gasteiger partial charge in [0.1, 0.15) is 11.6 Å². The van der Waals surface area contributed by atoms with E-state index in [4.69, 9.17) is 0 Å². The first-order chi connectivity index (χ1) is 11.4. The summed E-state index contributed by atoms with van der Waals surface area (Å²) >= 11 is 0. The molecule has 2 aromatic rings. The Balaban J connectivity index is 1.50. The lowest BCUT2D eigenvalue weighted by Gasteiger charge is -2.37.